The van der Waals surface area contributed by atoms with Crippen LogP contribution in [0.15, 0.2) is 18.2 Å². The lowest BCUT2D eigenvalue weighted by molar-refractivity contribution is -0.383. The SMILES string of the molecule is CCCS(=O)(=O)Nc1cc(C)ccc1[N+](=O)[O-]. The number of hydrogen-bond donors (Lipinski definition) is 1. The number of nitrogens with one attached hydrogen (secondary N) is 1. The number of sulfonamides is 1. The molecule has 0 unspecified atom stereocenters. The molecule has 17 heavy (non-hydrogen) atoms. The van der Waals surface area contributed by atoms with Crippen LogP contribution in [0.1, 0.15) is 18.9 Å². The molecule has 0 saturated heterocycles. The zero-order chi connectivity index (χ0) is 13.1. The van der Waals surface area contributed by atoms with Gasteiger partial charge in [-0.15, -0.1) is 0 Å². The van der Waals surface area contributed by atoms with E-state index in [9.17, 15) is 18.5 Å². The van der Waals surface area contributed by atoms with Gasteiger partial charge in [0.05, 0.1) is 10.7 Å². The van der Waals surface area contributed by atoms with Crippen molar-refractivity contribution in [3.8, 4) is 0 Å². The Balaban J connectivity index is 3.13. The van der Waals surface area contributed by atoms with Crippen molar-refractivity contribution in [1.29, 1.82) is 0 Å². The van der Waals surface area contributed by atoms with Crippen LogP contribution in [0.2, 0.25) is 0 Å². The Morgan fingerprint density at radius 2 is 2.06 bits per heavy atom. The van der Waals surface area contributed by atoms with E-state index in [1.165, 1.54) is 12.1 Å². The molecule has 6 nitrogen and oxygen atoms in total. The maximum Gasteiger partial charge on any atom is 0.293 e. The van der Waals surface area contributed by atoms with Crippen LogP contribution in [0.5, 0.6) is 0 Å². The van der Waals surface area contributed by atoms with Gasteiger partial charge in [0.2, 0.25) is 10.0 Å². The summed E-state index contributed by atoms with van der Waals surface area (Å²) in [7, 11) is -3.51. The molecule has 0 bridgehead atoms. The largest absolute Gasteiger partial charge is 0.293 e. The zero-order valence-electron chi connectivity index (χ0n) is 9.63. The van der Waals surface area contributed by atoms with Crippen LogP contribution in [0, 0.1) is 17.0 Å². The molecule has 0 aliphatic heterocycles. The van der Waals surface area contributed by atoms with Gasteiger partial charge in [0.1, 0.15) is 5.69 Å². The molecule has 7 heteroatoms. The van der Waals surface area contributed by atoms with E-state index in [2.05, 4.69) is 4.72 Å². The minimum Gasteiger partial charge on any atom is -0.277 e. The van der Waals surface area contributed by atoms with Crippen molar-refractivity contribution in [3.63, 3.8) is 0 Å². The van der Waals surface area contributed by atoms with Crippen molar-refractivity contribution in [3.05, 3.63) is 33.9 Å². The van der Waals surface area contributed by atoms with Crippen LogP contribution in [0.4, 0.5) is 11.4 Å². The van der Waals surface area contributed by atoms with Gasteiger partial charge in [0.15, 0.2) is 0 Å². The maximum absolute atomic E-state index is 11.6. The highest BCUT2D eigenvalue weighted by Gasteiger charge is 2.18. The summed E-state index contributed by atoms with van der Waals surface area (Å²) in [6.45, 7) is 3.46. The highest BCUT2D eigenvalue weighted by Crippen LogP contribution is 2.26. The van der Waals surface area contributed by atoms with Gasteiger partial charge in [0.25, 0.3) is 5.69 Å². The molecule has 0 radical (unpaired) electrons. The van der Waals surface area contributed by atoms with E-state index in [0.717, 1.165) is 5.56 Å². The van der Waals surface area contributed by atoms with Gasteiger partial charge in [-0.3, -0.25) is 14.8 Å². The fraction of sp³-hybridized carbons (Fsp3) is 0.400. The summed E-state index contributed by atoms with van der Waals surface area (Å²) in [5.41, 5.74) is 0.531. The van der Waals surface area contributed by atoms with Crippen LogP contribution < -0.4 is 4.72 Å². The van der Waals surface area contributed by atoms with E-state index in [1.807, 2.05) is 0 Å². The Hall–Kier alpha value is -1.63. The highest BCUT2D eigenvalue weighted by atomic mass is 32.2. The Bertz CT molecular complexity index is 525. The first-order valence-electron chi connectivity index (χ1n) is 5.11. The van der Waals surface area contributed by atoms with E-state index in [-0.39, 0.29) is 17.1 Å². The topological polar surface area (TPSA) is 89.3 Å². The lowest BCUT2D eigenvalue weighted by Crippen LogP contribution is -2.17. The molecule has 0 heterocycles. The minimum absolute atomic E-state index is 0.0171. The van der Waals surface area contributed by atoms with Crippen LogP contribution in [0.3, 0.4) is 0 Å². The number of aryl methyl sites for hydroxylation is 1. The molecule has 0 aliphatic carbocycles. The summed E-state index contributed by atoms with van der Waals surface area (Å²) in [4.78, 5) is 10.1. The number of nitro benzene ring substituents is 1. The van der Waals surface area contributed by atoms with Crippen LogP contribution in [-0.2, 0) is 10.0 Å². The van der Waals surface area contributed by atoms with Gasteiger partial charge in [-0.05, 0) is 25.0 Å². The zero-order valence-corrected chi connectivity index (χ0v) is 10.5. The average molecular weight is 258 g/mol. The summed E-state index contributed by atoms with van der Waals surface area (Å²) in [6.07, 6.45) is 0.453. The van der Waals surface area contributed by atoms with Gasteiger partial charge < -0.3 is 0 Å². The smallest absolute Gasteiger partial charge is 0.277 e. The third-order valence-corrected chi connectivity index (χ3v) is 3.56. The summed E-state index contributed by atoms with van der Waals surface area (Å²) in [5.74, 6) is -0.0574. The molecule has 1 N–H and O–H groups in total. The lowest BCUT2D eigenvalue weighted by atomic mass is 10.2. The van der Waals surface area contributed by atoms with Gasteiger partial charge in [-0.25, -0.2) is 8.42 Å². The number of hydrogen-bond acceptors (Lipinski definition) is 4. The minimum atomic E-state index is -3.51. The molecule has 1 rings (SSSR count). The standard InChI is InChI=1S/C10H14N2O4S/c1-3-6-17(15,16)11-9-7-8(2)4-5-10(9)12(13)14/h4-5,7,11H,3,6H2,1-2H3. The van der Waals surface area contributed by atoms with Crippen molar-refractivity contribution in [2.24, 2.45) is 0 Å². The highest BCUT2D eigenvalue weighted by molar-refractivity contribution is 7.92. The average Bonchev–Trinajstić information content (AvgIpc) is 2.15. The van der Waals surface area contributed by atoms with Gasteiger partial charge in [-0.2, -0.15) is 0 Å². The molecule has 1 aromatic carbocycles. The van der Waals surface area contributed by atoms with Crippen LogP contribution >= 0.6 is 0 Å². The molecule has 0 amide bonds. The van der Waals surface area contributed by atoms with Crippen molar-refractivity contribution < 1.29 is 13.3 Å². The summed E-state index contributed by atoms with van der Waals surface area (Å²) < 4.78 is 25.3. The van der Waals surface area contributed by atoms with Gasteiger partial charge in [0, 0.05) is 6.07 Å². The fourth-order valence-electron chi connectivity index (χ4n) is 1.38. The predicted molar refractivity (Wildman–Crippen MR) is 65.5 cm³/mol. The monoisotopic (exact) mass is 258 g/mol. The first kappa shape index (κ1) is 13.4. The third kappa shape index (κ3) is 3.70. The van der Waals surface area contributed by atoms with Crippen molar-refractivity contribution in [2.75, 3.05) is 10.5 Å². The first-order valence-corrected chi connectivity index (χ1v) is 6.76. The molecule has 0 fully saturated rings. The van der Waals surface area contributed by atoms with E-state index >= 15 is 0 Å². The molecular formula is C10H14N2O4S. The van der Waals surface area contributed by atoms with E-state index in [0.29, 0.717) is 6.42 Å². The number of nitrogens with zero attached hydrogens (tertiary/aromatic N) is 1. The second-order valence-corrected chi connectivity index (χ2v) is 5.54. The van der Waals surface area contributed by atoms with Crippen molar-refractivity contribution in [2.45, 2.75) is 20.3 Å². The summed E-state index contributed by atoms with van der Waals surface area (Å²) in [5, 5.41) is 10.7. The van der Waals surface area contributed by atoms with Gasteiger partial charge >= 0.3 is 0 Å². The maximum atomic E-state index is 11.6. The van der Waals surface area contributed by atoms with Gasteiger partial charge in [-0.1, -0.05) is 13.0 Å². The van der Waals surface area contributed by atoms with E-state index in [1.54, 1.807) is 19.9 Å². The quantitative estimate of drug-likeness (QED) is 0.646. The first-order chi connectivity index (χ1) is 7.85. The number of rotatable bonds is 5. The molecule has 1 aromatic rings. The van der Waals surface area contributed by atoms with Crippen molar-refractivity contribution in [1.82, 2.24) is 0 Å². The molecule has 0 saturated carbocycles. The Morgan fingerprint density at radius 3 is 2.59 bits per heavy atom. The second kappa shape index (κ2) is 5.13. The Kier molecular flexibility index (Phi) is 4.06. The van der Waals surface area contributed by atoms with Crippen LogP contribution in [-0.4, -0.2) is 19.1 Å². The molecular weight excluding hydrogens is 244 g/mol. The number of benzene rings is 1. The molecule has 0 atom stereocenters. The Morgan fingerprint density at radius 1 is 1.41 bits per heavy atom. The third-order valence-electron chi connectivity index (χ3n) is 2.09. The Labute approximate surface area is 99.9 Å². The van der Waals surface area contributed by atoms with E-state index in [4.69, 9.17) is 0 Å². The molecule has 0 aromatic heterocycles. The molecule has 0 spiro atoms. The molecule has 0 aliphatic rings. The fourth-order valence-corrected chi connectivity index (χ4v) is 2.52. The summed E-state index contributed by atoms with van der Waals surface area (Å²) in [6, 6.07) is 4.31. The van der Waals surface area contributed by atoms with E-state index < -0.39 is 14.9 Å². The summed E-state index contributed by atoms with van der Waals surface area (Å²) >= 11 is 0. The number of nitro groups is 1. The second-order valence-electron chi connectivity index (χ2n) is 3.70. The lowest BCUT2D eigenvalue weighted by Gasteiger charge is -2.08. The molecule has 94 valence electrons. The predicted octanol–water partition coefficient (Wildman–Crippen LogP) is 2.05. The van der Waals surface area contributed by atoms with Crippen LogP contribution in [0.25, 0.3) is 0 Å². The number of anilines is 1. The normalized spacial score (nSPS) is 11.2. The van der Waals surface area contributed by atoms with Crippen molar-refractivity contribution >= 4 is 21.4 Å².